The fraction of sp³-hybridized carbons (Fsp3) is 0.222. The Balaban J connectivity index is 0.00000208. The Labute approximate surface area is 146 Å². The van der Waals surface area contributed by atoms with Crippen LogP contribution < -0.4 is 9.47 Å². The number of fused-ring (bicyclic) bond motifs is 2. The van der Waals surface area contributed by atoms with Crippen molar-refractivity contribution in [1.82, 2.24) is 0 Å². The number of aliphatic imine (C=N–C) groups is 1. The highest BCUT2D eigenvalue weighted by molar-refractivity contribution is 6.04. The fourth-order valence-electron chi connectivity index (χ4n) is 2.40. The van der Waals surface area contributed by atoms with E-state index in [1.807, 2.05) is 25.1 Å². The van der Waals surface area contributed by atoms with Crippen LogP contribution in [0.15, 0.2) is 41.4 Å². The molecule has 0 aromatic heterocycles. The van der Waals surface area contributed by atoms with E-state index in [0.717, 1.165) is 11.3 Å². The van der Waals surface area contributed by atoms with Gasteiger partial charge >= 0.3 is 5.97 Å². The number of halogens is 1. The first-order valence-electron chi connectivity index (χ1n) is 7.35. The van der Waals surface area contributed by atoms with E-state index in [-0.39, 0.29) is 18.4 Å². The number of hydrogen-bond donors (Lipinski definition) is 0. The van der Waals surface area contributed by atoms with Crippen molar-refractivity contribution in [3.05, 3.63) is 47.5 Å². The summed E-state index contributed by atoms with van der Waals surface area (Å²) in [7, 11) is 1.61. The zero-order valence-electron chi connectivity index (χ0n) is 13.7. The smallest absolute Gasteiger partial charge is 0.338 e. The molecule has 6 heteroatoms. The molecule has 1 aliphatic rings. The van der Waals surface area contributed by atoms with Gasteiger partial charge in [0.05, 0.1) is 19.3 Å². The Hall–Kier alpha value is -2.53. The molecule has 0 saturated heterocycles. The van der Waals surface area contributed by atoms with Crippen LogP contribution in [0.1, 0.15) is 29.8 Å². The van der Waals surface area contributed by atoms with Crippen LogP contribution in [0, 0.1) is 0 Å². The molecule has 0 N–H and O–H groups in total. The van der Waals surface area contributed by atoms with Crippen LogP contribution in [0.5, 0.6) is 17.2 Å². The van der Waals surface area contributed by atoms with Gasteiger partial charge in [-0.2, -0.15) is 0 Å². The van der Waals surface area contributed by atoms with Crippen molar-refractivity contribution in [3.8, 4) is 17.2 Å². The van der Waals surface area contributed by atoms with E-state index in [4.69, 9.17) is 14.2 Å². The minimum atomic E-state index is -0.369. The van der Waals surface area contributed by atoms with Gasteiger partial charge in [0.25, 0.3) is 0 Å². The number of methoxy groups -OCH3 is 1. The lowest BCUT2D eigenvalue weighted by Crippen LogP contribution is -2.04. The molecular formula is C18H18ClNO4. The van der Waals surface area contributed by atoms with Gasteiger partial charge in [-0.1, -0.05) is 0 Å². The number of carbonyl (C=O) groups excluding carboxylic acids is 1. The third-order valence-electron chi connectivity index (χ3n) is 3.56. The predicted octanol–water partition coefficient (Wildman–Crippen LogP) is 4.54. The summed E-state index contributed by atoms with van der Waals surface area (Å²) >= 11 is 0. The maximum Gasteiger partial charge on any atom is 0.338 e. The van der Waals surface area contributed by atoms with E-state index < -0.39 is 0 Å². The van der Waals surface area contributed by atoms with Gasteiger partial charge in [-0.25, -0.2) is 9.79 Å². The first-order chi connectivity index (χ1) is 11.1. The number of esters is 1. The molecule has 0 bridgehead atoms. The average molecular weight is 348 g/mol. The van der Waals surface area contributed by atoms with Crippen LogP contribution in [0.2, 0.25) is 0 Å². The topological polar surface area (TPSA) is 57.1 Å². The van der Waals surface area contributed by atoms with Crippen LogP contribution in [0.3, 0.4) is 0 Å². The molecule has 24 heavy (non-hydrogen) atoms. The van der Waals surface area contributed by atoms with Crippen LogP contribution in [-0.2, 0) is 4.74 Å². The average Bonchev–Trinajstić information content (AvgIpc) is 2.69. The second-order valence-corrected chi connectivity index (χ2v) is 5.06. The van der Waals surface area contributed by atoms with Crippen molar-refractivity contribution in [3.63, 3.8) is 0 Å². The number of benzene rings is 2. The zero-order valence-corrected chi connectivity index (χ0v) is 14.5. The van der Waals surface area contributed by atoms with Crippen molar-refractivity contribution in [2.45, 2.75) is 13.8 Å². The summed E-state index contributed by atoms with van der Waals surface area (Å²) in [6.45, 7) is 4.01. The minimum absolute atomic E-state index is 0. The molecule has 5 nitrogen and oxygen atoms in total. The lowest BCUT2D eigenvalue weighted by molar-refractivity contribution is 0.0526. The highest BCUT2D eigenvalue weighted by Crippen LogP contribution is 2.39. The predicted molar refractivity (Wildman–Crippen MR) is 94.6 cm³/mol. The van der Waals surface area contributed by atoms with Gasteiger partial charge in [0.1, 0.15) is 17.2 Å². The Morgan fingerprint density at radius 3 is 2.67 bits per heavy atom. The standard InChI is InChI=1S/C18H17NO4.ClH/c1-4-22-18(20)12-5-8-16-15(9-12)19-11(2)14-7-6-13(21-3)10-17(14)23-16;/h5-10H,4H2,1-3H3;1H. The number of ether oxygens (including phenoxy) is 3. The van der Waals surface area contributed by atoms with Crippen LogP contribution >= 0.6 is 12.4 Å². The maximum atomic E-state index is 11.9. The van der Waals surface area contributed by atoms with Gasteiger partial charge in [-0.05, 0) is 44.2 Å². The lowest BCUT2D eigenvalue weighted by atomic mass is 10.1. The molecule has 2 aromatic rings. The van der Waals surface area contributed by atoms with Crippen LogP contribution in [0.25, 0.3) is 0 Å². The molecule has 0 radical (unpaired) electrons. The van der Waals surface area contributed by atoms with E-state index >= 15 is 0 Å². The van der Waals surface area contributed by atoms with E-state index in [1.54, 1.807) is 32.2 Å². The van der Waals surface area contributed by atoms with E-state index in [9.17, 15) is 4.79 Å². The molecule has 0 spiro atoms. The Morgan fingerprint density at radius 2 is 1.96 bits per heavy atom. The summed E-state index contributed by atoms with van der Waals surface area (Å²) in [4.78, 5) is 16.5. The summed E-state index contributed by atoms with van der Waals surface area (Å²) in [6.07, 6.45) is 0. The van der Waals surface area contributed by atoms with Gasteiger partial charge in [0.2, 0.25) is 0 Å². The second-order valence-electron chi connectivity index (χ2n) is 5.06. The maximum absolute atomic E-state index is 11.9. The summed E-state index contributed by atoms with van der Waals surface area (Å²) in [5.74, 6) is 1.60. The Morgan fingerprint density at radius 1 is 1.17 bits per heavy atom. The zero-order chi connectivity index (χ0) is 16.4. The van der Waals surface area contributed by atoms with E-state index in [2.05, 4.69) is 4.99 Å². The highest BCUT2D eigenvalue weighted by Gasteiger charge is 2.18. The monoisotopic (exact) mass is 347 g/mol. The molecule has 1 heterocycles. The van der Waals surface area contributed by atoms with Crippen LogP contribution in [0.4, 0.5) is 5.69 Å². The molecule has 0 aliphatic carbocycles. The largest absolute Gasteiger partial charge is 0.497 e. The molecule has 0 amide bonds. The fourth-order valence-corrected chi connectivity index (χ4v) is 2.40. The minimum Gasteiger partial charge on any atom is -0.497 e. The molecule has 0 fully saturated rings. The van der Waals surface area contributed by atoms with E-state index in [0.29, 0.717) is 35.1 Å². The van der Waals surface area contributed by atoms with E-state index in [1.165, 1.54) is 0 Å². The first-order valence-corrected chi connectivity index (χ1v) is 7.35. The summed E-state index contributed by atoms with van der Waals surface area (Å²) in [5, 5.41) is 0. The molecule has 3 rings (SSSR count). The SMILES string of the molecule is CCOC(=O)c1ccc2c(c1)N=C(C)c1ccc(OC)cc1O2.Cl. The summed E-state index contributed by atoms with van der Waals surface area (Å²) < 4.78 is 16.2. The molecule has 0 atom stereocenters. The molecule has 0 unspecified atom stereocenters. The molecule has 0 saturated carbocycles. The van der Waals surface area contributed by atoms with Gasteiger partial charge in [-0.15, -0.1) is 12.4 Å². The third kappa shape index (κ3) is 3.36. The molecule has 2 aromatic carbocycles. The summed E-state index contributed by atoms with van der Waals surface area (Å²) in [5.41, 5.74) is 2.75. The third-order valence-corrected chi connectivity index (χ3v) is 3.56. The van der Waals surface area contributed by atoms with Crippen molar-refractivity contribution < 1.29 is 19.0 Å². The van der Waals surface area contributed by atoms with Gasteiger partial charge < -0.3 is 14.2 Å². The van der Waals surface area contributed by atoms with Gasteiger partial charge in [0, 0.05) is 17.3 Å². The quantitative estimate of drug-likeness (QED) is 0.765. The van der Waals surface area contributed by atoms with Gasteiger partial charge in [-0.3, -0.25) is 0 Å². The van der Waals surface area contributed by atoms with Crippen molar-refractivity contribution in [2.75, 3.05) is 13.7 Å². The molecular weight excluding hydrogens is 330 g/mol. The number of hydrogen-bond acceptors (Lipinski definition) is 5. The Bertz CT molecular complexity index is 802. The second kappa shape index (κ2) is 7.36. The highest BCUT2D eigenvalue weighted by atomic mass is 35.5. The van der Waals surface area contributed by atoms with Crippen molar-refractivity contribution in [2.24, 2.45) is 4.99 Å². The van der Waals surface area contributed by atoms with Crippen molar-refractivity contribution in [1.29, 1.82) is 0 Å². The lowest BCUT2D eigenvalue weighted by Gasteiger charge is -2.10. The van der Waals surface area contributed by atoms with Crippen LogP contribution in [-0.4, -0.2) is 25.4 Å². The first kappa shape index (κ1) is 17.8. The van der Waals surface area contributed by atoms with Gasteiger partial charge in [0.15, 0.2) is 5.75 Å². The number of carbonyl (C=O) groups is 1. The molecule has 126 valence electrons. The summed E-state index contributed by atoms with van der Waals surface area (Å²) in [6, 6.07) is 10.7. The molecule has 1 aliphatic heterocycles. The number of rotatable bonds is 3. The Kier molecular flexibility index (Phi) is 5.46. The normalized spacial score (nSPS) is 11.7. The van der Waals surface area contributed by atoms with Crippen molar-refractivity contribution >= 4 is 29.8 Å². The number of nitrogens with zero attached hydrogens (tertiary/aromatic N) is 1.